The fourth-order valence-electron chi connectivity index (χ4n) is 3.75. The Morgan fingerprint density at radius 1 is 1.35 bits per heavy atom. The first kappa shape index (κ1) is 22.5. The zero-order valence-corrected chi connectivity index (χ0v) is 16.6. The van der Waals surface area contributed by atoms with Gasteiger partial charge in [0.1, 0.15) is 0 Å². The van der Waals surface area contributed by atoms with Crippen LogP contribution in [-0.2, 0) is 11.3 Å². The Balaban J connectivity index is 0.000000339. The molecule has 0 unspecified atom stereocenters. The fourth-order valence-corrected chi connectivity index (χ4v) is 3.75. The maximum Gasteiger partial charge on any atom is 0.490 e. The molecule has 0 aliphatic carbocycles. The number of hydrogen-bond donors (Lipinski definition) is 1. The molecule has 2 atom stereocenters. The predicted octanol–water partition coefficient (Wildman–Crippen LogP) is 2.06. The first-order valence-corrected chi connectivity index (χ1v) is 9.42. The summed E-state index contributed by atoms with van der Waals surface area (Å²) in [6.07, 6.45) is -0.266. The van der Waals surface area contributed by atoms with E-state index in [1.54, 1.807) is 12.3 Å². The van der Waals surface area contributed by atoms with Gasteiger partial charge in [0.2, 0.25) is 5.76 Å². The summed E-state index contributed by atoms with van der Waals surface area (Å²) in [5.74, 6) is -1.77. The van der Waals surface area contributed by atoms with Gasteiger partial charge >= 0.3 is 12.1 Å². The van der Waals surface area contributed by atoms with E-state index in [0.29, 0.717) is 17.8 Å². The SMILES string of the molecule is COc1cc(C(=O)N2C[C@@H]3CCN(Cc4cccnc4)[C@@H]3C2)on1.O=C(O)C(F)(F)F. The number of rotatable bonds is 4. The van der Waals surface area contributed by atoms with Gasteiger partial charge in [-0.25, -0.2) is 4.79 Å². The smallest absolute Gasteiger partial charge is 0.479 e. The van der Waals surface area contributed by atoms with E-state index in [4.69, 9.17) is 19.2 Å². The highest BCUT2D eigenvalue weighted by Crippen LogP contribution is 2.33. The normalized spacial score (nSPS) is 20.7. The number of methoxy groups -OCH3 is 1. The van der Waals surface area contributed by atoms with Crippen molar-refractivity contribution in [3.8, 4) is 5.88 Å². The highest BCUT2D eigenvalue weighted by Gasteiger charge is 2.43. The van der Waals surface area contributed by atoms with Gasteiger partial charge in [-0.1, -0.05) is 6.07 Å². The van der Waals surface area contributed by atoms with Gasteiger partial charge in [0.15, 0.2) is 0 Å². The molecule has 9 nitrogen and oxygen atoms in total. The van der Waals surface area contributed by atoms with Crippen LogP contribution in [0, 0.1) is 5.92 Å². The van der Waals surface area contributed by atoms with Gasteiger partial charge in [-0.3, -0.25) is 14.7 Å². The lowest BCUT2D eigenvalue weighted by atomic mass is 10.1. The van der Waals surface area contributed by atoms with E-state index in [1.165, 1.54) is 12.7 Å². The van der Waals surface area contributed by atoms with Gasteiger partial charge in [-0.2, -0.15) is 13.2 Å². The van der Waals surface area contributed by atoms with E-state index < -0.39 is 12.1 Å². The summed E-state index contributed by atoms with van der Waals surface area (Å²) in [6, 6.07) is 6.01. The number of carboxylic acids is 1. The number of carboxylic acid groups (broad SMARTS) is 1. The molecule has 1 amide bonds. The van der Waals surface area contributed by atoms with Crippen molar-refractivity contribution in [2.45, 2.75) is 25.2 Å². The second-order valence-corrected chi connectivity index (χ2v) is 7.19. The Morgan fingerprint density at radius 2 is 2.10 bits per heavy atom. The number of likely N-dealkylation sites (tertiary alicyclic amines) is 2. The van der Waals surface area contributed by atoms with Crippen LogP contribution in [0.2, 0.25) is 0 Å². The number of nitrogens with zero attached hydrogens (tertiary/aromatic N) is 4. The van der Waals surface area contributed by atoms with Crippen molar-refractivity contribution in [1.29, 1.82) is 0 Å². The van der Waals surface area contributed by atoms with Gasteiger partial charge in [0.05, 0.1) is 13.2 Å². The molecule has 168 valence electrons. The van der Waals surface area contributed by atoms with Crippen molar-refractivity contribution in [2.24, 2.45) is 5.92 Å². The number of fused-ring (bicyclic) bond motifs is 1. The molecule has 0 radical (unpaired) electrons. The zero-order chi connectivity index (χ0) is 22.6. The number of carbonyl (C=O) groups is 2. The first-order valence-electron chi connectivity index (χ1n) is 9.42. The lowest BCUT2D eigenvalue weighted by Gasteiger charge is -2.24. The summed E-state index contributed by atoms with van der Waals surface area (Å²) in [5, 5.41) is 10.8. The molecule has 2 aliphatic heterocycles. The number of hydrogen-bond acceptors (Lipinski definition) is 7. The second kappa shape index (κ2) is 9.33. The number of aliphatic carboxylic acids is 1. The van der Waals surface area contributed by atoms with E-state index in [-0.39, 0.29) is 11.7 Å². The monoisotopic (exact) mass is 442 g/mol. The van der Waals surface area contributed by atoms with Gasteiger partial charge in [0.25, 0.3) is 11.8 Å². The average Bonchev–Trinajstić information content (AvgIpc) is 3.45. The second-order valence-electron chi connectivity index (χ2n) is 7.19. The summed E-state index contributed by atoms with van der Waals surface area (Å²) < 4.78 is 41.8. The summed E-state index contributed by atoms with van der Waals surface area (Å²) in [4.78, 5) is 30.0. The summed E-state index contributed by atoms with van der Waals surface area (Å²) in [5.41, 5.74) is 1.21. The number of alkyl halides is 3. The Bertz CT molecular complexity index is 905. The molecule has 0 spiro atoms. The third kappa shape index (κ3) is 5.51. The maximum absolute atomic E-state index is 12.6. The molecule has 31 heavy (non-hydrogen) atoms. The number of amides is 1. The minimum atomic E-state index is -5.08. The summed E-state index contributed by atoms with van der Waals surface area (Å²) >= 11 is 0. The van der Waals surface area contributed by atoms with E-state index in [1.807, 2.05) is 17.2 Å². The topological polar surface area (TPSA) is 109 Å². The Labute approximate surface area is 175 Å². The third-order valence-electron chi connectivity index (χ3n) is 5.21. The van der Waals surface area contributed by atoms with Crippen LogP contribution in [-0.4, -0.2) is 75.9 Å². The van der Waals surface area contributed by atoms with E-state index in [2.05, 4.69) is 21.1 Å². The number of aromatic nitrogens is 2. The van der Waals surface area contributed by atoms with Crippen LogP contribution in [0.3, 0.4) is 0 Å². The van der Waals surface area contributed by atoms with Crippen LogP contribution in [0.1, 0.15) is 22.5 Å². The zero-order valence-electron chi connectivity index (χ0n) is 16.6. The molecule has 0 bridgehead atoms. The molecule has 0 saturated carbocycles. The minimum Gasteiger partial charge on any atom is -0.479 e. The first-order chi connectivity index (χ1) is 14.7. The molecular weight excluding hydrogens is 421 g/mol. The fraction of sp³-hybridized carbons (Fsp3) is 0.474. The van der Waals surface area contributed by atoms with Crippen LogP contribution in [0.5, 0.6) is 5.88 Å². The van der Waals surface area contributed by atoms with Crippen molar-refractivity contribution in [3.63, 3.8) is 0 Å². The number of ether oxygens (including phenoxy) is 1. The minimum absolute atomic E-state index is 0.110. The molecule has 4 heterocycles. The largest absolute Gasteiger partial charge is 0.490 e. The van der Waals surface area contributed by atoms with Crippen LogP contribution in [0.25, 0.3) is 0 Å². The Hall–Kier alpha value is -3.15. The van der Waals surface area contributed by atoms with Crippen molar-refractivity contribution in [1.82, 2.24) is 19.9 Å². The van der Waals surface area contributed by atoms with Gasteiger partial charge < -0.3 is 19.3 Å². The molecule has 12 heteroatoms. The quantitative estimate of drug-likeness (QED) is 0.767. The molecule has 1 N–H and O–H groups in total. The van der Waals surface area contributed by atoms with E-state index >= 15 is 0 Å². The molecule has 2 aromatic heterocycles. The van der Waals surface area contributed by atoms with Crippen LogP contribution < -0.4 is 4.74 Å². The van der Waals surface area contributed by atoms with Gasteiger partial charge in [-0.05, 0) is 35.7 Å². The lowest BCUT2D eigenvalue weighted by Crippen LogP contribution is -2.36. The number of halogens is 3. The van der Waals surface area contributed by atoms with Crippen LogP contribution in [0.15, 0.2) is 35.1 Å². The van der Waals surface area contributed by atoms with Crippen molar-refractivity contribution in [2.75, 3.05) is 26.7 Å². The molecule has 2 aliphatic rings. The highest BCUT2D eigenvalue weighted by atomic mass is 19.4. The number of carbonyl (C=O) groups excluding carboxylic acids is 1. The molecule has 0 aromatic carbocycles. The van der Waals surface area contributed by atoms with Gasteiger partial charge in [0, 0.05) is 38.1 Å². The van der Waals surface area contributed by atoms with E-state index in [9.17, 15) is 18.0 Å². The van der Waals surface area contributed by atoms with Crippen molar-refractivity contribution in [3.05, 3.63) is 41.9 Å². The van der Waals surface area contributed by atoms with Gasteiger partial charge in [-0.15, -0.1) is 0 Å². The van der Waals surface area contributed by atoms with Crippen molar-refractivity contribution < 1.29 is 37.1 Å². The maximum atomic E-state index is 12.6. The van der Waals surface area contributed by atoms with Crippen molar-refractivity contribution >= 4 is 11.9 Å². The molecule has 2 aromatic rings. The number of pyridine rings is 1. The molecular formula is C19H21F3N4O5. The third-order valence-corrected chi connectivity index (χ3v) is 5.21. The average molecular weight is 442 g/mol. The Morgan fingerprint density at radius 3 is 2.68 bits per heavy atom. The standard InChI is InChI=1S/C17H20N4O3.C2HF3O2/c1-23-16-7-15(24-19-16)17(22)21-10-13-4-6-20(14(13)11-21)9-12-3-2-5-18-8-12;3-2(4,5)1(6)7/h2-3,5,7-8,13-14H,4,6,9-11H2,1H3;(H,6,7)/t13-,14+;/m0./s1. The highest BCUT2D eigenvalue weighted by molar-refractivity contribution is 5.92. The van der Waals surface area contributed by atoms with Crippen LogP contribution >= 0.6 is 0 Å². The van der Waals surface area contributed by atoms with E-state index in [0.717, 1.165) is 32.6 Å². The lowest BCUT2D eigenvalue weighted by molar-refractivity contribution is -0.192. The summed E-state index contributed by atoms with van der Waals surface area (Å²) in [6.45, 7) is 3.46. The molecule has 2 fully saturated rings. The molecule has 2 saturated heterocycles. The Kier molecular flexibility index (Phi) is 6.78. The molecule has 4 rings (SSSR count). The van der Waals surface area contributed by atoms with Crippen LogP contribution in [0.4, 0.5) is 13.2 Å². The predicted molar refractivity (Wildman–Crippen MR) is 99.2 cm³/mol. The summed E-state index contributed by atoms with van der Waals surface area (Å²) in [7, 11) is 1.50.